The predicted octanol–water partition coefficient (Wildman–Crippen LogP) is 2.40. The highest BCUT2D eigenvalue weighted by Crippen LogP contribution is 2.44. The minimum atomic E-state index is 0.167. The molecule has 1 heterocycles. The quantitative estimate of drug-likeness (QED) is 0.845. The Morgan fingerprint density at radius 2 is 1.73 bits per heavy atom. The van der Waals surface area contributed by atoms with Crippen LogP contribution in [0.4, 0.5) is 0 Å². The number of rotatable bonds is 6. The molecule has 1 saturated heterocycles. The van der Waals surface area contributed by atoms with Gasteiger partial charge in [-0.3, -0.25) is 4.90 Å². The Labute approximate surface area is 133 Å². The van der Waals surface area contributed by atoms with Gasteiger partial charge >= 0.3 is 0 Å². The topological polar surface area (TPSA) is 54.0 Å². The molecule has 2 atom stereocenters. The van der Waals surface area contributed by atoms with Crippen molar-refractivity contribution in [3.05, 3.63) is 17.7 Å². The van der Waals surface area contributed by atoms with Gasteiger partial charge in [0, 0.05) is 44.4 Å². The summed E-state index contributed by atoms with van der Waals surface area (Å²) in [6, 6.07) is 3.57. The van der Waals surface area contributed by atoms with E-state index in [0.29, 0.717) is 17.4 Å². The summed E-state index contributed by atoms with van der Waals surface area (Å²) in [5.41, 5.74) is 1.04. The molecule has 0 radical (unpaired) electrons. The molecule has 22 heavy (non-hydrogen) atoms. The van der Waals surface area contributed by atoms with Gasteiger partial charge in [0.05, 0.1) is 19.8 Å². The van der Waals surface area contributed by atoms with Gasteiger partial charge in [-0.25, -0.2) is 0 Å². The summed E-state index contributed by atoms with van der Waals surface area (Å²) in [7, 11) is 3.28. The molecule has 2 N–H and O–H groups in total. The molecular formula is C17H28N2O3. The Bertz CT molecular complexity index is 462. The van der Waals surface area contributed by atoms with Crippen molar-refractivity contribution >= 4 is 0 Å². The van der Waals surface area contributed by atoms with E-state index in [1.807, 2.05) is 0 Å². The first-order valence-corrected chi connectivity index (χ1v) is 8.02. The normalized spacial score (nSPS) is 18.7. The number of hydrogen-bond donors (Lipinski definition) is 2. The molecule has 0 amide bonds. The number of aromatic hydroxyl groups is 1. The van der Waals surface area contributed by atoms with Crippen molar-refractivity contribution in [2.75, 3.05) is 40.4 Å². The van der Waals surface area contributed by atoms with Crippen LogP contribution in [0.1, 0.15) is 31.9 Å². The van der Waals surface area contributed by atoms with Crippen molar-refractivity contribution in [1.29, 1.82) is 0 Å². The third-order valence-electron chi connectivity index (χ3n) is 4.55. The molecule has 5 heteroatoms. The minimum Gasteiger partial charge on any atom is -0.508 e. The summed E-state index contributed by atoms with van der Waals surface area (Å²) in [6.45, 7) is 8.47. The third kappa shape index (κ3) is 3.47. The number of methoxy groups -OCH3 is 2. The van der Waals surface area contributed by atoms with Crippen molar-refractivity contribution in [3.8, 4) is 17.2 Å². The van der Waals surface area contributed by atoms with Gasteiger partial charge in [0.2, 0.25) is 0 Å². The van der Waals surface area contributed by atoms with E-state index < -0.39 is 0 Å². The molecule has 2 rings (SSSR count). The molecule has 1 unspecified atom stereocenters. The second-order valence-corrected chi connectivity index (χ2v) is 5.88. The highest BCUT2D eigenvalue weighted by Gasteiger charge is 2.31. The SMILES string of the molecule is CCC(C)[C@@H](c1c(OC)cc(O)cc1OC)N1CCNCC1. The summed E-state index contributed by atoms with van der Waals surface area (Å²) in [5, 5.41) is 13.3. The molecule has 1 aliphatic heterocycles. The molecule has 0 saturated carbocycles. The molecule has 1 aromatic rings. The van der Waals surface area contributed by atoms with Crippen molar-refractivity contribution in [2.24, 2.45) is 5.92 Å². The van der Waals surface area contributed by atoms with Crippen LogP contribution >= 0.6 is 0 Å². The molecule has 1 aliphatic rings. The van der Waals surface area contributed by atoms with Crippen LogP contribution in [0.25, 0.3) is 0 Å². The highest BCUT2D eigenvalue weighted by atomic mass is 16.5. The zero-order valence-corrected chi connectivity index (χ0v) is 14.1. The first-order chi connectivity index (χ1) is 10.6. The van der Waals surface area contributed by atoms with E-state index in [2.05, 4.69) is 24.1 Å². The number of benzene rings is 1. The maximum Gasteiger partial charge on any atom is 0.131 e. The first-order valence-electron chi connectivity index (χ1n) is 8.02. The van der Waals surface area contributed by atoms with Gasteiger partial charge < -0.3 is 19.9 Å². The number of phenolic OH excluding ortho intramolecular Hbond substituents is 1. The monoisotopic (exact) mass is 308 g/mol. The lowest BCUT2D eigenvalue weighted by Crippen LogP contribution is -2.46. The Morgan fingerprint density at radius 3 is 2.18 bits per heavy atom. The van der Waals surface area contributed by atoms with Gasteiger partial charge in [0.15, 0.2) is 0 Å². The van der Waals surface area contributed by atoms with Gasteiger partial charge in [-0.2, -0.15) is 0 Å². The Kier molecular flexibility index (Phi) is 5.91. The van der Waals surface area contributed by atoms with E-state index in [1.165, 1.54) is 0 Å². The lowest BCUT2D eigenvalue weighted by molar-refractivity contribution is 0.123. The van der Waals surface area contributed by atoms with Crippen molar-refractivity contribution in [2.45, 2.75) is 26.3 Å². The number of phenols is 1. The van der Waals surface area contributed by atoms with Gasteiger partial charge in [0.1, 0.15) is 17.2 Å². The van der Waals surface area contributed by atoms with Crippen LogP contribution in [0.2, 0.25) is 0 Å². The van der Waals surface area contributed by atoms with Crippen LogP contribution in [0.3, 0.4) is 0 Å². The lowest BCUT2D eigenvalue weighted by Gasteiger charge is -2.39. The third-order valence-corrected chi connectivity index (χ3v) is 4.55. The van der Waals surface area contributed by atoms with Crippen molar-refractivity contribution in [1.82, 2.24) is 10.2 Å². The largest absolute Gasteiger partial charge is 0.508 e. The standard InChI is InChI=1S/C17H28N2O3/c1-5-12(2)17(19-8-6-18-7-9-19)16-14(21-3)10-13(20)11-15(16)22-4/h10-12,17-18,20H,5-9H2,1-4H3/t12?,17-/m0/s1. The molecule has 1 aromatic carbocycles. The van der Waals surface area contributed by atoms with Gasteiger partial charge in [-0.15, -0.1) is 0 Å². The fourth-order valence-corrected chi connectivity index (χ4v) is 3.23. The van der Waals surface area contributed by atoms with E-state index >= 15 is 0 Å². The first kappa shape index (κ1) is 16.9. The average molecular weight is 308 g/mol. The van der Waals surface area contributed by atoms with Crippen LogP contribution in [-0.4, -0.2) is 50.4 Å². The molecule has 5 nitrogen and oxygen atoms in total. The molecule has 0 bridgehead atoms. The van der Waals surface area contributed by atoms with E-state index in [-0.39, 0.29) is 11.8 Å². The van der Waals surface area contributed by atoms with Crippen LogP contribution in [-0.2, 0) is 0 Å². The van der Waals surface area contributed by atoms with Crippen LogP contribution in [0.5, 0.6) is 17.2 Å². The highest BCUT2D eigenvalue weighted by molar-refractivity contribution is 5.52. The Hall–Kier alpha value is -1.46. The molecule has 124 valence electrons. The van der Waals surface area contributed by atoms with E-state index in [9.17, 15) is 5.11 Å². The fraction of sp³-hybridized carbons (Fsp3) is 0.647. The summed E-state index contributed by atoms with van der Waals surface area (Å²) in [5.74, 6) is 2.02. The van der Waals surface area contributed by atoms with Gasteiger partial charge in [-0.1, -0.05) is 20.3 Å². The van der Waals surface area contributed by atoms with Gasteiger partial charge in [-0.05, 0) is 5.92 Å². The fourth-order valence-electron chi connectivity index (χ4n) is 3.23. The van der Waals surface area contributed by atoms with E-state index in [4.69, 9.17) is 9.47 Å². The van der Waals surface area contributed by atoms with Gasteiger partial charge in [0.25, 0.3) is 0 Å². The Balaban J connectivity index is 2.50. The molecule has 0 aromatic heterocycles. The van der Waals surface area contributed by atoms with Crippen LogP contribution < -0.4 is 14.8 Å². The molecule has 0 spiro atoms. The minimum absolute atomic E-state index is 0.167. The van der Waals surface area contributed by atoms with Crippen molar-refractivity contribution in [3.63, 3.8) is 0 Å². The summed E-state index contributed by atoms with van der Waals surface area (Å²) in [4.78, 5) is 2.49. The summed E-state index contributed by atoms with van der Waals surface area (Å²) >= 11 is 0. The summed E-state index contributed by atoms with van der Waals surface area (Å²) in [6.07, 6.45) is 1.07. The maximum atomic E-state index is 9.88. The van der Waals surface area contributed by atoms with E-state index in [1.54, 1.807) is 26.4 Å². The number of piperazine rings is 1. The number of ether oxygens (including phenoxy) is 2. The lowest BCUT2D eigenvalue weighted by atomic mass is 9.89. The average Bonchev–Trinajstić information content (AvgIpc) is 2.56. The zero-order valence-electron chi connectivity index (χ0n) is 14.1. The van der Waals surface area contributed by atoms with Crippen LogP contribution in [0, 0.1) is 5.92 Å². The number of hydrogen-bond acceptors (Lipinski definition) is 5. The number of nitrogens with one attached hydrogen (secondary N) is 1. The second-order valence-electron chi connectivity index (χ2n) is 5.88. The molecule has 1 fully saturated rings. The predicted molar refractivity (Wildman–Crippen MR) is 87.8 cm³/mol. The maximum absolute atomic E-state index is 9.88. The number of nitrogens with zero attached hydrogens (tertiary/aromatic N) is 1. The molecular weight excluding hydrogens is 280 g/mol. The zero-order chi connectivity index (χ0) is 16.1. The molecule has 0 aliphatic carbocycles. The van der Waals surface area contributed by atoms with Crippen LogP contribution in [0.15, 0.2) is 12.1 Å². The Morgan fingerprint density at radius 1 is 1.18 bits per heavy atom. The van der Waals surface area contributed by atoms with Crippen molar-refractivity contribution < 1.29 is 14.6 Å². The summed E-state index contributed by atoms with van der Waals surface area (Å²) < 4.78 is 11.1. The van der Waals surface area contributed by atoms with E-state index in [0.717, 1.165) is 38.2 Å². The second kappa shape index (κ2) is 7.70. The smallest absolute Gasteiger partial charge is 0.131 e.